The van der Waals surface area contributed by atoms with Gasteiger partial charge in [-0.3, -0.25) is 4.99 Å². The maximum absolute atomic E-state index is 10.9. The van der Waals surface area contributed by atoms with Crippen LogP contribution in [0.4, 0.5) is 0 Å². The quantitative estimate of drug-likeness (QED) is 0.523. The average molecular weight is 249 g/mol. The summed E-state index contributed by atoms with van der Waals surface area (Å²) in [4.78, 5) is 4.00. The Bertz CT molecular complexity index is 310. The highest BCUT2D eigenvalue weighted by atomic mass is 32.2. The highest BCUT2D eigenvalue weighted by Gasteiger charge is 2.03. The molecule has 0 unspecified atom stereocenters. The molecule has 0 amide bonds. The molecule has 0 radical (unpaired) electrons. The van der Waals surface area contributed by atoms with Gasteiger partial charge in [-0.05, 0) is 12.3 Å². The first-order chi connectivity index (χ1) is 7.35. The number of rotatable bonds is 6. The summed E-state index contributed by atoms with van der Waals surface area (Å²) in [6, 6.07) is 0. The van der Waals surface area contributed by atoms with Gasteiger partial charge in [-0.1, -0.05) is 13.8 Å². The third-order valence-corrected chi connectivity index (χ3v) is 2.95. The molecule has 5 nitrogen and oxygen atoms in total. The number of sulfone groups is 1. The number of nitrogens with zero attached hydrogens (tertiary/aromatic N) is 1. The summed E-state index contributed by atoms with van der Waals surface area (Å²) in [5, 5.41) is 6.09. The molecule has 0 aromatic rings. The maximum atomic E-state index is 10.9. The number of nitrogens with one attached hydrogen (secondary N) is 2. The molecule has 0 spiro atoms. The summed E-state index contributed by atoms with van der Waals surface area (Å²) in [7, 11) is -1.24. The average Bonchev–Trinajstić information content (AvgIpc) is 2.13. The largest absolute Gasteiger partial charge is 0.356 e. The van der Waals surface area contributed by atoms with Gasteiger partial charge in [0.2, 0.25) is 0 Å². The predicted molar refractivity (Wildman–Crippen MR) is 68.5 cm³/mol. The molecule has 0 saturated heterocycles. The number of hydrogen-bond acceptors (Lipinski definition) is 3. The van der Waals surface area contributed by atoms with E-state index in [1.165, 1.54) is 6.26 Å². The second-order valence-corrected chi connectivity index (χ2v) is 6.50. The van der Waals surface area contributed by atoms with E-state index in [9.17, 15) is 8.42 Å². The summed E-state index contributed by atoms with van der Waals surface area (Å²) in [6.45, 7) is 5.54. The van der Waals surface area contributed by atoms with Crippen molar-refractivity contribution in [1.29, 1.82) is 0 Å². The van der Waals surface area contributed by atoms with E-state index in [0.29, 0.717) is 18.4 Å². The molecule has 0 heterocycles. The molecule has 96 valence electrons. The van der Waals surface area contributed by atoms with Crippen LogP contribution in [0.25, 0.3) is 0 Å². The second-order valence-electron chi connectivity index (χ2n) is 4.24. The van der Waals surface area contributed by atoms with Crippen molar-refractivity contribution in [2.45, 2.75) is 20.3 Å². The van der Waals surface area contributed by atoms with Crippen molar-refractivity contribution in [1.82, 2.24) is 10.6 Å². The Morgan fingerprint density at radius 1 is 1.25 bits per heavy atom. The fourth-order valence-electron chi connectivity index (χ4n) is 1.05. The van der Waals surface area contributed by atoms with Gasteiger partial charge in [0.25, 0.3) is 0 Å². The molecule has 0 fully saturated rings. The molecule has 0 aromatic carbocycles. The fourth-order valence-corrected chi connectivity index (χ4v) is 1.53. The van der Waals surface area contributed by atoms with Crippen LogP contribution >= 0.6 is 0 Å². The summed E-state index contributed by atoms with van der Waals surface area (Å²) < 4.78 is 21.8. The van der Waals surface area contributed by atoms with Crippen LogP contribution < -0.4 is 10.6 Å². The highest BCUT2D eigenvalue weighted by molar-refractivity contribution is 7.90. The van der Waals surface area contributed by atoms with Crippen LogP contribution in [0.3, 0.4) is 0 Å². The zero-order chi connectivity index (χ0) is 12.6. The lowest BCUT2D eigenvalue weighted by Gasteiger charge is -2.12. The van der Waals surface area contributed by atoms with Gasteiger partial charge < -0.3 is 10.6 Å². The minimum absolute atomic E-state index is 0.123. The topological polar surface area (TPSA) is 70.6 Å². The number of aliphatic imine (C=N–C) groups is 1. The maximum Gasteiger partial charge on any atom is 0.191 e. The van der Waals surface area contributed by atoms with Crippen molar-refractivity contribution in [3.63, 3.8) is 0 Å². The van der Waals surface area contributed by atoms with E-state index in [0.717, 1.165) is 13.0 Å². The zero-order valence-corrected chi connectivity index (χ0v) is 11.4. The van der Waals surface area contributed by atoms with Crippen molar-refractivity contribution in [3.05, 3.63) is 0 Å². The Balaban J connectivity index is 3.77. The lowest BCUT2D eigenvalue weighted by atomic mass is 10.1. The molecule has 0 atom stereocenters. The Kier molecular flexibility index (Phi) is 7.12. The van der Waals surface area contributed by atoms with Crippen LogP contribution in [0.5, 0.6) is 0 Å². The molecule has 6 heteroatoms. The van der Waals surface area contributed by atoms with E-state index >= 15 is 0 Å². The highest BCUT2D eigenvalue weighted by Crippen LogP contribution is 1.95. The lowest BCUT2D eigenvalue weighted by molar-refractivity contribution is 0.574. The minimum Gasteiger partial charge on any atom is -0.356 e. The summed E-state index contributed by atoms with van der Waals surface area (Å²) in [5.74, 6) is 1.42. The van der Waals surface area contributed by atoms with Crippen molar-refractivity contribution in [3.8, 4) is 0 Å². The van der Waals surface area contributed by atoms with Gasteiger partial charge in [0, 0.05) is 26.4 Å². The van der Waals surface area contributed by atoms with Crippen LogP contribution in [0.1, 0.15) is 20.3 Å². The Labute approximate surface area is 98.6 Å². The molecule has 16 heavy (non-hydrogen) atoms. The van der Waals surface area contributed by atoms with Gasteiger partial charge in [-0.2, -0.15) is 0 Å². The van der Waals surface area contributed by atoms with Gasteiger partial charge in [-0.15, -0.1) is 0 Å². The van der Waals surface area contributed by atoms with E-state index in [1.54, 1.807) is 7.05 Å². The number of guanidine groups is 1. The van der Waals surface area contributed by atoms with E-state index in [2.05, 4.69) is 29.5 Å². The number of hydrogen-bond donors (Lipinski definition) is 2. The van der Waals surface area contributed by atoms with E-state index < -0.39 is 9.84 Å². The van der Waals surface area contributed by atoms with Gasteiger partial charge in [0.1, 0.15) is 9.84 Å². The first-order valence-electron chi connectivity index (χ1n) is 5.47. The summed E-state index contributed by atoms with van der Waals surface area (Å²) >= 11 is 0. The van der Waals surface area contributed by atoms with E-state index in [-0.39, 0.29) is 5.75 Å². The third-order valence-electron chi connectivity index (χ3n) is 2.00. The molecule has 0 rings (SSSR count). The first-order valence-corrected chi connectivity index (χ1v) is 7.53. The lowest BCUT2D eigenvalue weighted by Crippen LogP contribution is -2.40. The summed E-state index contributed by atoms with van der Waals surface area (Å²) in [5.41, 5.74) is 0. The molecule has 0 aromatic heterocycles. The van der Waals surface area contributed by atoms with Gasteiger partial charge in [-0.25, -0.2) is 8.42 Å². The molecule has 2 N–H and O–H groups in total. The van der Waals surface area contributed by atoms with Crippen molar-refractivity contribution < 1.29 is 8.42 Å². The van der Waals surface area contributed by atoms with Crippen LogP contribution in [-0.4, -0.2) is 46.5 Å². The Hall–Kier alpha value is -0.780. The van der Waals surface area contributed by atoms with Crippen LogP contribution in [0.2, 0.25) is 0 Å². The monoisotopic (exact) mass is 249 g/mol. The first kappa shape index (κ1) is 15.2. The van der Waals surface area contributed by atoms with Crippen LogP contribution in [0.15, 0.2) is 4.99 Å². The third kappa shape index (κ3) is 9.76. The Morgan fingerprint density at radius 3 is 2.25 bits per heavy atom. The van der Waals surface area contributed by atoms with E-state index in [4.69, 9.17) is 0 Å². The zero-order valence-electron chi connectivity index (χ0n) is 10.6. The molecule has 0 saturated carbocycles. The minimum atomic E-state index is -2.91. The molecular formula is C10H23N3O2S. The van der Waals surface area contributed by atoms with E-state index in [1.807, 2.05) is 0 Å². The normalized spacial score (nSPS) is 12.9. The predicted octanol–water partition coefficient (Wildman–Crippen LogP) is 0.242. The molecular weight excluding hydrogens is 226 g/mol. The van der Waals surface area contributed by atoms with Gasteiger partial charge >= 0.3 is 0 Å². The van der Waals surface area contributed by atoms with Crippen LogP contribution in [0, 0.1) is 5.92 Å². The van der Waals surface area contributed by atoms with Crippen molar-refractivity contribution in [2.24, 2.45) is 10.9 Å². The van der Waals surface area contributed by atoms with Crippen molar-refractivity contribution >= 4 is 15.8 Å². The molecule has 0 aliphatic heterocycles. The molecule has 0 aliphatic rings. The molecule has 0 bridgehead atoms. The Morgan fingerprint density at radius 2 is 1.81 bits per heavy atom. The summed E-state index contributed by atoms with van der Waals surface area (Å²) in [6.07, 6.45) is 2.29. The van der Waals surface area contributed by atoms with Crippen molar-refractivity contribution in [2.75, 3.05) is 32.1 Å². The fraction of sp³-hybridized carbons (Fsp3) is 0.900. The van der Waals surface area contributed by atoms with Gasteiger partial charge in [0.15, 0.2) is 5.96 Å². The second kappa shape index (κ2) is 7.49. The standard InChI is InChI=1S/C10H23N3O2S/c1-9(2)5-6-12-10(11-3)13-7-8-16(4,14)15/h9H,5-8H2,1-4H3,(H2,11,12,13). The smallest absolute Gasteiger partial charge is 0.191 e. The molecule has 0 aliphatic carbocycles. The SMILES string of the molecule is CN=C(NCCC(C)C)NCCS(C)(=O)=O. The van der Waals surface area contributed by atoms with Gasteiger partial charge in [0.05, 0.1) is 5.75 Å². The van der Waals surface area contributed by atoms with Crippen LogP contribution in [-0.2, 0) is 9.84 Å².